The van der Waals surface area contributed by atoms with Crippen molar-refractivity contribution in [1.82, 2.24) is 0 Å². The number of ether oxygens (including phenoxy) is 4. The van der Waals surface area contributed by atoms with E-state index in [1.807, 2.05) is 25.1 Å². The van der Waals surface area contributed by atoms with Crippen LogP contribution >= 0.6 is 0 Å². The highest BCUT2D eigenvalue weighted by Gasteiger charge is 2.26. The van der Waals surface area contributed by atoms with E-state index in [0.717, 1.165) is 5.39 Å². The third-order valence-electron chi connectivity index (χ3n) is 4.80. The van der Waals surface area contributed by atoms with Gasteiger partial charge in [-0.3, -0.25) is 4.79 Å². The molecule has 0 saturated heterocycles. The Hall–Kier alpha value is -3.52. The zero-order chi connectivity index (χ0) is 21.8. The highest BCUT2D eigenvalue weighted by molar-refractivity contribution is 5.99. The lowest BCUT2D eigenvalue weighted by atomic mass is 10.1. The summed E-state index contributed by atoms with van der Waals surface area (Å²) in [4.78, 5) is 25.3. The minimum absolute atomic E-state index is 0.0358. The molecular weight excluding hydrogens is 402 g/mol. The van der Waals surface area contributed by atoms with Crippen LogP contribution in [0.4, 0.5) is 5.69 Å². The Balaban J connectivity index is 1.46. The third-order valence-corrected chi connectivity index (χ3v) is 4.80. The van der Waals surface area contributed by atoms with Gasteiger partial charge in [0.1, 0.15) is 18.8 Å². The van der Waals surface area contributed by atoms with E-state index in [1.165, 1.54) is 6.92 Å². The van der Waals surface area contributed by atoms with Crippen LogP contribution in [0.15, 0.2) is 46.9 Å². The second-order valence-electron chi connectivity index (χ2n) is 6.94. The minimum atomic E-state index is -1.05. The van der Waals surface area contributed by atoms with E-state index in [9.17, 15) is 9.59 Å². The van der Waals surface area contributed by atoms with E-state index in [1.54, 1.807) is 24.3 Å². The number of furan rings is 1. The molecule has 3 aromatic rings. The molecule has 1 unspecified atom stereocenters. The fraction of sp³-hybridized carbons (Fsp3) is 0.304. The van der Waals surface area contributed by atoms with Crippen molar-refractivity contribution in [2.75, 3.05) is 25.1 Å². The lowest BCUT2D eigenvalue weighted by Gasteiger charge is -2.19. The maximum Gasteiger partial charge on any atom is 0.375 e. The second-order valence-corrected chi connectivity index (χ2v) is 6.94. The van der Waals surface area contributed by atoms with Crippen LogP contribution in [0.1, 0.15) is 30.0 Å². The molecule has 1 aliphatic heterocycles. The summed E-state index contributed by atoms with van der Waals surface area (Å²) < 4.78 is 27.5. The summed E-state index contributed by atoms with van der Waals surface area (Å²) >= 11 is 0. The van der Waals surface area contributed by atoms with Crippen LogP contribution in [-0.2, 0) is 20.9 Å². The van der Waals surface area contributed by atoms with Gasteiger partial charge in [0.2, 0.25) is 5.76 Å². The fourth-order valence-electron chi connectivity index (χ4n) is 3.24. The number of carbonyl (C=O) groups excluding carboxylic acids is 2. The fourth-order valence-corrected chi connectivity index (χ4v) is 3.24. The van der Waals surface area contributed by atoms with Crippen LogP contribution in [-0.4, -0.2) is 37.8 Å². The maximum absolute atomic E-state index is 12.8. The quantitative estimate of drug-likeness (QED) is 0.573. The molecule has 0 saturated carbocycles. The normalized spacial score (nSPS) is 13.6. The number of rotatable bonds is 7. The molecule has 0 aliphatic carbocycles. The first-order chi connectivity index (χ1) is 15.1. The zero-order valence-corrected chi connectivity index (χ0v) is 17.3. The molecule has 0 bridgehead atoms. The highest BCUT2D eigenvalue weighted by atomic mass is 16.6. The number of hydrogen-bond donors (Lipinski definition) is 1. The largest absolute Gasteiger partial charge is 0.486 e. The number of amides is 1. The first kappa shape index (κ1) is 20.7. The highest BCUT2D eigenvalue weighted by Crippen LogP contribution is 2.33. The molecule has 1 aliphatic rings. The predicted octanol–water partition coefficient (Wildman–Crippen LogP) is 3.92. The summed E-state index contributed by atoms with van der Waals surface area (Å²) in [5, 5.41) is 3.49. The number of anilines is 1. The van der Waals surface area contributed by atoms with Crippen molar-refractivity contribution in [1.29, 1.82) is 0 Å². The molecule has 4 rings (SSSR count). The second kappa shape index (κ2) is 9.09. The summed E-state index contributed by atoms with van der Waals surface area (Å²) in [6.45, 7) is 4.98. The molecule has 162 valence electrons. The van der Waals surface area contributed by atoms with Gasteiger partial charge in [0.15, 0.2) is 17.6 Å². The van der Waals surface area contributed by atoms with Gasteiger partial charge in [-0.05, 0) is 32.0 Å². The van der Waals surface area contributed by atoms with Crippen molar-refractivity contribution in [3.8, 4) is 11.5 Å². The van der Waals surface area contributed by atoms with Crippen LogP contribution in [0.2, 0.25) is 0 Å². The molecule has 8 heteroatoms. The molecule has 0 spiro atoms. The van der Waals surface area contributed by atoms with E-state index in [0.29, 0.717) is 48.2 Å². The summed E-state index contributed by atoms with van der Waals surface area (Å²) in [5.74, 6) is 0.00355. The van der Waals surface area contributed by atoms with Gasteiger partial charge in [-0.15, -0.1) is 0 Å². The van der Waals surface area contributed by atoms with Crippen LogP contribution in [0.25, 0.3) is 11.0 Å². The van der Waals surface area contributed by atoms with Crippen molar-refractivity contribution >= 4 is 28.5 Å². The zero-order valence-electron chi connectivity index (χ0n) is 17.3. The number of nitrogens with one attached hydrogen (secondary N) is 1. The molecule has 0 fully saturated rings. The lowest BCUT2D eigenvalue weighted by molar-refractivity contribution is -0.123. The van der Waals surface area contributed by atoms with Crippen LogP contribution in [0, 0.1) is 0 Å². The Kier molecular flexibility index (Phi) is 6.08. The van der Waals surface area contributed by atoms with Gasteiger partial charge in [-0.25, -0.2) is 4.79 Å². The standard InChI is InChI=1S/C23H23NO7/c1-3-27-13-17-16-6-4-5-7-18(16)31-21(17)23(26)30-14(2)22(25)24-15-8-9-19-20(12-15)29-11-10-28-19/h4-9,12,14H,3,10-11,13H2,1-2H3,(H,24,25). The van der Waals surface area contributed by atoms with Gasteiger partial charge in [-0.1, -0.05) is 18.2 Å². The van der Waals surface area contributed by atoms with E-state index in [2.05, 4.69) is 5.32 Å². The molecular formula is C23H23NO7. The molecule has 8 nitrogen and oxygen atoms in total. The van der Waals surface area contributed by atoms with E-state index < -0.39 is 18.0 Å². The molecule has 1 atom stereocenters. The number of carbonyl (C=O) groups is 2. The van der Waals surface area contributed by atoms with Crippen LogP contribution in [0.5, 0.6) is 11.5 Å². The first-order valence-electron chi connectivity index (χ1n) is 10.1. The van der Waals surface area contributed by atoms with Crippen molar-refractivity contribution < 1.29 is 33.0 Å². The Bertz CT molecular complexity index is 1100. The van der Waals surface area contributed by atoms with Gasteiger partial charge >= 0.3 is 5.97 Å². The Morgan fingerprint density at radius 2 is 1.87 bits per heavy atom. The molecule has 0 radical (unpaired) electrons. The Labute approximate surface area is 179 Å². The van der Waals surface area contributed by atoms with Crippen molar-refractivity contribution in [2.24, 2.45) is 0 Å². The summed E-state index contributed by atoms with van der Waals surface area (Å²) in [7, 11) is 0. The molecule has 1 amide bonds. The Morgan fingerprint density at radius 1 is 1.10 bits per heavy atom. The van der Waals surface area contributed by atoms with Crippen molar-refractivity contribution in [3.05, 3.63) is 53.8 Å². The number of benzene rings is 2. The van der Waals surface area contributed by atoms with E-state index >= 15 is 0 Å². The van der Waals surface area contributed by atoms with Crippen LogP contribution in [0.3, 0.4) is 0 Å². The van der Waals surface area contributed by atoms with E-state index in [-0.39, 0.29) is 12.4 Å². The summed E-state index contributed by atoms with van der Waals surface area (Å²) in [6.07, 6.45) is -1.05. The number of hydrogen-bond acceptors (Lipinski definition) is 7. The minimum Gasteiger partial charge on any atom is -0.486 e. The monoisotopic (exact) mass is 425 g/mol. The molecule has 2 heterocycles. The molecule has 2 aromatic carbocycles. The third kappa shape index (κ3) is 4.49. The molecule has 1 N–H and O–H groups in total. The lowest BCUT2D eigenvalue weighted by Crippen LogP contribution is -2.30. The van der Waals surface area contributed by atoms with Crippen molar-refractivity contribution in [2.45, 2.75) is 26.6 Å². The average Bonchev–Trinajstić information content (AvgIpc) is 3.16. The molecule has 31 heavy (non-hydrogen) atoms. The van der Waals surface area contributed by atoms with Gasteiger partial charge in [-0.2, -0.15) is 0 Å². The topological polar surface area (TPSA) is 96.2 Å². The van der Waals surface area contributed by atoms with Gasteiger partial charge in [0.25, 0.3) is 5.91 Å². The molecule has 1 aromatic heterocycles. The smallest absolute Gasteiger partial charge is 0.375 e. The van der Waals surface area contributed by atoms with Crippen LogP contribution < -0.4 is 14.8 Å². The number of para-hydroxylation sites is 1. The number of esters is 1. The van der Waals surface area contributed by atoms with Gasteiger partial charge in [0.05, 0.1) is 6.61 Å². The maximum atomic E-state index is 12.8. The summed E-state index contributed by atoms with van der Waals surface area (Å²) in [6, 6.07) is 12.4. The van der Waals surface area contributed by atoms with Gasteiger partial charge in [0, 0.05) is 29.3 Å². The number of fused-ring (bicyclic) bond motifs is 2. The van der Waals surface area contributed by atoms with Gasteiger partial charge < -0.3 is 28.7 Å². The average molecular weight is 425 g/mol. The van der Waals surface area contributed by atoms with E-state index in [4.69, 9.17) is 23.4 Å². The predicted molar refractivity (Wildman–Crippen MR) is 112 cm³/mol. The van der Waals surface area contributed by atoms with Crippen molar-refractivity contribution in [3.63, 3.8) is 0 Å². The Morgan fingerprint density at radius 3 is 2.68 bits per heavy atom. The summed E-state index contributed by atoms with van der Waals surface area (Å²) in [5.41, 5.74) is 1.66. The SMILES string of the molecule is CCOCc1c(C(=O)OC(C)C(=O)Nc2ccc3c(c2)OCCO3)oc2ccccc12. The first-order valence-corrected chi connectivity index (χ1v) is 10.1.